The van der Waals surface area contributed by atoms with Crippen molar-refractivity contribution in [3.63, 3.8) is 0 Å². The molecule has 4 N–H and O–H groups in total. The lowest BCUT2D eigenvalue weighted by Gasteiger charge is -2.33. The summed E-state index contributed by atoms with van der Waals surface area (Å²) in [6.45, 7) is 24.8. The Labute approximate surface area is 811 Å². The van der Waals surface area contributed by atoms with Crippen LogP contribution in [0.25, 0.3) is 43.1 Å². The van der Waals surface area contributed by atoms with Crippen molar-refractivity contribution in [2.75, 3.05) is 176 Å². The van der Waals surface area contributed by atoms with Crippen LogP contribution in [0.1, 0.15) is 198 Å². The predicted molar refractivity (Wildman–Crippen MR) is 550 cm³/mol. The summed E-state index contributed by atoms with van der Waals surface area (Å²) in [7, 11) is 0. The zero-order valence-electron chi connectivity index (χ0n) is 76.0. The minimum absolute atomic E-state index is 0.0264. The fraction of sp³-hybridized carbons (Fsp3) is 0.480. The van der Waals surface area contributed by atoms with Crippen molar-refractivity contribution in [1.82, 2.24) is 24.9 Å². The fourth-order valence-corrected chi connectivity index (χ4v) is 20.2. The molecule has 0 unspecified atom stereocenters. The highest BCUT2D eigenvalue weighted by molar-refractivity contribution is 7.83. The maximum atomic E-state index is 13.0. The van der Waals surface area contributed by atoms with Crippen LogP contribution in [0.3, 0.4) is 0 Å². The molecule has 0 aromatic heterocycles. The minimum atomic E-state index is -0.941. The van der Waals surface area contributed by atoms with Gasteiger partial charge in [0.25, 0.3) is 11.8 Å². The molecule has 4 saturated heterocycles. The molecule has 8 heterocycles. The first-order valence-electron chi connectivity index (χ1n) is 45.9. The number of ether oxygens (including phenoxy) is 6. The Bertz CT molecular complexity index is 5250. The number of nitrogens with one attached hydrogen (secondary N) is 1. The SMILES string of the molecule is CC(C)(C)OC(=O)CN1C(=O)c2cccc3c(N4CCCC4)ccc(c23)C1=O.CC(C)(C)OC(=O)CN1C(=S)c2cccc3c(N4CCCC4)ccc(c23)C1=S.NCCOCCOCCCCCCCl.O=C(CN1C(=S)c2cccc3c(N4CCCC4)ccc(c23)C1=S)NCCOCCOCCCCCCCl.O=C(O)CN1C(=S)c2cccc3c(N4CCCC4)ccc(c23)C1=S. The third-order valence-electron chi connectivity index (χ3n) is 23.6. The van der Waals surface area contributed by atoms with Crippen LogP contribution >= 0.6 is 96.5 Å². The third kappa shape index (κ3) is 25.9. The molecule has 8 aliphatic rings. The van der Waals surface area contributed by atoms with Gasteiger partial charge in [0, 0.05) is 201 Å². The van der Waals surface area contributed by atoms with Crippen LogP contribution in [-0.4, -0.2) is 258 Å². The van der Waals surface area contributed by atoms with Crippen molar-refractivity contribution in [2.45, 2.75) is 155 Å². The lowest BCUT2D eigenvalue weighted by molar-refractivity contribution is -0.155. The van der Waals surface area contributed by atoms with Crippen LogP contribution < -0.4 is 30.7 Å². The summed E-state index contributed by atoms with van der Waals surface area (Å²) < 4.78 is 32.4. The highest BCUT2D eigenvalue weighted by Crippen LogP contribution is 2.43. The second kappa shape index (κ2) is 48.5. The number of imide groups is 1. The summed E-state index contributed by atoms with van der Waals surface area (Å²) in [5.41, 5.74) is 15.3. The van der Waals surface area contributed by atoms with E-state index < -0.39 is 41.5 Å². The number of unbranched alkanes of at least 4 members (excludes halogenated alkanes) is 6. The number of nitrogens with two attached hydrogens (primary N) is 1. The van der Waals surface area contributed by atoms with Crippen LogP contribution in [-0.2, 0) is 47.6 Å². The van der Waals surface area contributed by atoms with Gasteiger partial charge in [0.15, 0.2) is 0 Å². The fourth-order valence-electron chi connectivity index (χ4n) is 17.7. The molecule has 3 amide bonds. The number of halogens is 2. The van der Waals surface area contributed by atoms with Crippen LogP contribution in [0.15, 0.2) is 121 Å². The van der Waals surface area contributed by atoms with Gasteiger partial charge in [0.05, 0.1) is 39.6 Å². The summed E-state index contributed by atoms with van der Waals surface area (Å²) in [5, 5.41) is 20.4. The van der Waals surface area contributed by atoms with Crippen molar-refractivity contribution >= 4 is 228 Å². The van der Waals surface area contributed by atoms with Crippen molar-refractivity contribution in [3.05, 3.63) is 166 Å². The molecule has 0 radical (unpaired) electrons. The van der Waals surface area contributed by atoms with Crippen LogP contribution in [0.2, 0.25) is 0 Å². The van der Waals surface area contributed by atoms with Crippen molar-refractivity contribution < 1.29 is 62.3 Å². The predicted octanol–water partition coefficient (Wildman–Crippen LogP) is 17.8. The number of carboxylic acid groups (broad SMARTS) is 1. The largest absolute Gasteiger partial charge is 0.480 e. The van der Waals surface area contributed by atoms with Gasteiger partial charge >= 0.3 is 17.9 Å². The molecular formula is C100H122Cl2N10O13S6. The van der Waals surface area contributed by atoms with E-state index in [2.05, 4.69) is 73.4 Å². The first-order chi connectivity index (χ1) is 63.1. The summed E-state index contributed by atoms with van der Waals surface area (Å²) in [6, 6.07) is 40.3. The number of carbonyl (C=O) groups excluding carboxylic acids is 5. The number of hydrogen-bond acceptors (Lipinski definition) is 23. The normalized spacial score (nSPS) is 15.7. The zero-order chi connectivity index (χ0) is 93.5. The van der Waals surface area contributed by atoms with Crippen molar-refractivity contribution in [3.8, 4) is 0 Å². The molecule has 0 spiro atoms. The van der Waals surface area contributed by atoms with Crippen LogP contribution in [0.4, 0.5) is 22.7 Å². The van der Waals surface area contributed by atoms with E-state index in [1.165, 1.54) is 79.2 Å². The monoisotopic (exact) mass is 1930 g/mol. The maximum absolute atomic E-state index is 13.0. The second-order valence-corrected chi connectivity index (χ2v) is 38.4. The average molecular weight is 1940 g/mol. The van der Waals surface area contributed by atoms with Gasteiger partial charge < -0.3 is 78.9 Å². The van der Waals surface area contributed by atoms with Gasteiger partial charge in [0.2, 0.25) is 5.91 Å². The van der Waals surface area contributed by atoms with Gasteiger partial charge in [-0.05, 0) is 173 Å². The van der Waals surface area contributed by atoms with Gasteiger partial charge in [-0.1, -0.05) is 166 Å². The smallest absolute Gasteiger partial charge is 0.326 e. The number of rotatable bonds is 35. The number of amides is 3. The molecule has 0 atom stereocenters. The van der Waals surface area contributed by atoms with Gasteiger partial charge in [0.1, 0.15) is 67.3 Å². The number of esters is 2. The Morgan fingerprint density at radius 2 is 0.641 bits per heavy atom. The lowest BCUT2D eigenvalue weighted by Crippen LogP contribution is -2.46. The number of nitrogens with zero attached hydrogens (tertiary/aromatic N) is 8. The van der Waals surface area contributed by atoms with E-state index in [-0.39, 0.29) is 31.5 Å². The molecule has 16 rings (SSSR count). The number of carbonyl (C=O) groups is 6. The Balaban J connectivity index is 0.000000152. The standard InChI is InChI=1S/C28H36ClN3O3S2.C22H24N2O4.C22H24N2O2S2.C18H16N2O2S2.C10H22ClNO2/c29-12-3-1-2-6-16-34-18-19-35-17-13-30-25(33)20-32-27(36)22-9-7-8-21-24(31-14-4-5-15-31)11-10-23(26(21)22)28(32)37;1-22(2,3)28-18(25)13-24-20(26)15-8-6-7-14-17(23-11-4-5-12-23)10-9-16(19(14)15)21(24)27;1-22(2,3)26-18(25)13-24-20(27)15-8-6-7-14-17(23-11-4-5-12-23)10-9-16(19(14)15)21(24)28;21-15(22)10-20-17(23)12-5-3-4-11-14(19-8-1-2-9-19)7-6-13(16(11)12)18(20)24;11-5-3-1-2-4-7-13-9-10-14-8-6-12/h7-11H,1-6,12-20H2,(H,30,33);2*6-10H,4-5,11-13H2,1-3H3;3-7H,1-2,8-10H2,(H,21,22);1-10,12H2. The van der Waals surface area contributed by atoms with Gasteiger partial charge in [-0.15, -0.1) is 23.2 Å². The first-order valence-corrected chi connectivity index (χ1v) is 49.4. The summed E-state index contributed by atoms with van der Waals surface area (Å²) in [6.07, 6.45) is 18.7. The molecule has 8 aliphatic heterocycles. The number of thiocarbonyl (C=S) groups is 6. The summed E-state index contributed by atoms with van der Waals surface area (Å²) >= 11 is 45.5. The van der Waals surface area contributed by atoms with Gasteiger partial charge in [-0.2, -0.15) is 0 Å². The highest BCUT2D eigenvalue weighted by Gasteiger charge is 2.39. The zero-order valence-corrected chi connectivity index (χ0v) is 82.4. The number of hydrogen-bond donors (Lipinski definition) is 3. The molecule has 31 heteroatoms. The van der Waals surface area contributed by atoms with E-state index in [0.717, 1.165) is 200 Å². The van der Waals surface area contributed by atoms with E-state index in [4.69, 9.17) is 136 Å². The maximum Gasteiger partial charge on any atom is 0.326 e. The molecule has 8 aromatic rings. The number of benzene rings is 8. The topological polar surface area (TPSA) is 242 Å². The molecule has 131 heavy (non-hydrogen) atoms. The van der Waals surface area contributed by atoms with Gasteiger partial charge in [-0.25, -0.2) is 0 Å². The third-order valence-corrected chi connectivity index (χ3v) is 26.8. The van der Waals surface area contributed by atoms with Crippen molar-refractivity contribution in [2.24, 2.45) is 5.73 Å². The molecule has 8 aromatic carbocycles. The second-order valence-electron chi connectivity index (χ2n) is 35.4. The summed E-state index contributed by atoms with van der Waals surface area (Å²) in [4.78, 5) is 93.6. The van der Waals surface area contributed by atoms with Crippen molar-refractivity contribution in [1.29, 1.82) is 0 Å². The van der Waals surface area contributed by atoms with Crippen LogP contribution in [0, 0.1) is 0 Å². The number of alkyl halides is 2. The molecule has 0 aliphatic carbocycles. The molecular weight excluding hydrogens is 1810 g/mol. The Kier molecular flexibility index (Phi) is 37.5. The molecule has 0 saturated carbocycles. The Hall–Kier alpha value is -8.66. The van der Waals surface area contributed by atoms with Crippen LogP contribution in [0.5, 0.6) is 0 Å². The molecule has 0 bridgehead atoms. The van der Waals surface area contributed by atoms with E-state index in [0.29, 0.717) is 99.2 Å². The minimum Gasteiger partial charge on any atom is -0.480 e. The number of aliphatic carboxylic acids is 1. The van der Waals surface area contributed by atoms with E-state index in [1.807, 2.05) is 81.4 Å². The highest BCUT2D eigenvalue weighted by atomic mass is 35.5. The molecule has 23 nitrogen and oxygen atoms in total. The van der Waals surface area contributed by atoms with Gasteiger partial charge in [-0.3, -0.25) is 33.7 Å². The molecule has 4 fully saturated rings. The van der Waals surface area contributed by atoms with E-state index in [9.17, 15) is 28.8 Å². The Morgan fingerprint density at radius 3 is 0.977 bits per heavy atom. The Morgan fingerprint density at radius 1 is 0.359 bits per heavy atom. The number of anilines is 4. The number of carboxylic acids is 1. The van der Waals surface area contributed by atoms with E-state index >= 15 is 0 Å². The quantitative estimate of drug-likeness (QED) is 0.0110. The summed E-state index contributed by atoms with van der Waals surface area (Å²) in [5.74, 6) is -1.41. The lowest BCUT2D eigenvalue weighted by atomic mass is 9.92. The van der Waals surface area contributed by atoms with E-state index in [1.54, 1.807) is 47.6 Å². The average Bonchev–Trinajstić information content (AvgIpc) is 1.36. The first kappa shape index (κ1) is 101. The molecule has 700 valence electrons.